The lowest BCUT2D eigenvalue weighted by Crippen LogP contribution is -2.35. The highest BCUT2D eigenvalue weighted by molar-refractivity contribution is 8.13. The van der Waals surface area contributed by atoms with E-state index in [-0.39, 0.29) is 0 Å². The van der Waals surface area contributed by atoms with Gasteiger partial charge in [0.25, 0.3) is 0 Å². The predicted molar refractivity (Wildman–Crippen MR) is 82.7 cm³/mol. The summed E-state index contributed by atoms with van der Waals surface area (Å²) in [5, 5.41) is 8.79. The second kappa shape index (κ2) is 6.46. The summed E-state index contributed by atoms with van der Waals surface area (Å²) in [6, 6.07) is 0. The predicted octanol–water partition coefficient (Wildman–Crippen LogP) is 2.69. The maximum absolute atomic E-state index is 4.70. The van der Waals surface area contributed by atoms with Crippen LogP contribution in [0.25, 0.3) is 0 Å². The Morgan fingerprint density at radius 1 is 1.42 bits per heavy atom. The zero-order chi connectivity index (χ0) is 13.7. The number of aromatic nitrogens is 2. The first-order valence-corrected chi connectivity index (χ1v) is 8.06. The number of aliphatic imine (C=N–C) groups is 1. The minimum Gasteiger partial charge on any atom is -0.363 e. The summed E-state index contributed by atoms with van der Waals surface area (Å²) >= 11 is 1.87. The highest BCUT2D eigenvalue weighted by atomic mass is 32.2. The molecule has 0 saturated heterocycles. The van der Waals surface area contributed by atoms with E-state index < -0.39 is 0 Å². The van der Waals surface area contributed by atoms with Gasteiger partial charge in [-0.15, -0.1) is 0 Å². The van der Waals surface area contributed by atoms with Crippen molar-refractivity contribution in [3.05, 3.63) is 18.0 Å². The van der Waals surface area contributed by atoms with Crippen LogP contribution in [0.2, 0.25) is 0 Å². The molecule has 0 aromatic carbocycles. The molecule has 0 amide bonds. The van der Waals surface area contributed by atoms with E-state index in [0.717, 1.165) is 24.8 Å². The average Bonchev–Trinajstić information content (AvgIpc) is 2.86. The van der Waals surface area contributed by atoms with Crippen LogP contribution in [0.5, 0.6) is 0 Å². The van der Waals surface area contributed by atoms with Gasteiger partial charge in [-0.25, -0.2) is 0 Å². The Morgan fingerprint density at radius 3 is 2.74 bits per heavy atom. The van der Waals surface area contributed by atoms with Crippen LogP contribution in [0, 0.1) is 12.3 Å². The fourth-order valence-electron chi connectivity index (χ4n) is 2.20. The average molecular weight is 280 g/mol. The first kappa shape index (κ1) is 14.4. The monoisotopic (exact) mass is 280 g/mol. The molecule has 1 aliphatic rings. The molecule has 2 rings (SSSR count). The number of aryl methyl sites for hydroxylation is 1. The van der Waals surface area contributed by atoms with Gasteiger partial charge in [-0.3, -0.25) is 9.67 Å². The third-order valence-corrected chi connectivity index (χ3v) is 5.26. The summed E-state index contributed by atoms with van der Waals surface area (Å²) in [4.78, 5) is 4.70. The summed E-state index contributed by atoms with van der Waals surface area (Å²) in [5.41, 5.74) is 1.63. The molecule has 106 valence electrons. The van der Waals surface area contributed by atoms with E-state index in [1.165, 1.54) is 24.2 Å². The number of amidine groups is 1. The second-order valence-electron chi connectivity index (χ2n) is 5.32. The topological polar surface area (TPSA) is 42.2 Å². The van der Waals surface area contributed by atoms with Crippen LogP contribution in [0.1, 0.15) is 32.3 Å². The number of hydrogen-bond acceptors (Lipinski definition) is 4. The fraction of sp³-hybridized carbons (Fsp3) is 0.714. The Kier molecular flexibility index (Phi) is 4.91. The van der Waals surface area contributed by atoms with Crippen molar-refractivity contribution in [3.8, 4) is 0 Å². The lowest BCUT2D eigenvalue weighted by molar-refractivity contribution is 0.318. The highest BCUT2D eigenvalue weighted by Crippen LogP contribution is 2.34. The van der Waals surface area contributed by atoms with E-state index in [4.69, 9.17) is 4.99 Å². The molecule has 0 radical (unpaired) electrons. The van der Waals surface area contributed by atoms with Gasteiger partial charge in [0.05, 0.1) is 12.7 Å². The molecule has 0 bridgehead atoms. The summed E-state index contributed by atoms with van der Waals surface area (Å²) in [6.45, 7) is 9.36. The molecule has 2 heterocycles. The van der Waals surface area contributed by atoms with Gasteiger partial charge >= 0.3 is 0 Å². The van der Waals surface area contributed by atoms with Crippen LogP contribution in [0.15, 0.2) is 17.4 Å². The van der Waals surface area contributed by atoms with Crippen molar-refractivity contribution in [1.82, 2.24) is 15.1 Å². The van der Waals surface area contributed by atoms with Crippen molar-refractivity contribution in [2.75, 3.05) is 18.8 Å². The number of thioether (sulfide) groups is 1. The van der Waals surface area contributed by atoms with Gasteiger partial charge in [0.1, 0.15) is 0 Å². The summed E-state index contributed by atoms with van der Waals surface area (Å²) < 4.78 is 1.97. The van der Waals surface area contributed by atoms with Crippen LogP contribution >= 0.6 is 11.8 Å². The van der Waals surface area contributed by atoms with Crippen LogP contribution in [0.4, 0.5) is 0 Å². The van der Waals surface area contributed by atoms with Crippen molar-refractivity contribution in [2.45, 2.75) is 40.2 Å². The van der Waals surface area contributed by atoms with Gasteiger partial charge < -0.3 is 5.32 Å². The molecule has 1 aromatic heterocycles. The van der Waals surface area contributed by atoms with Gasteiger partial charge in [0, 0.05) is 25.0 Å². The maximum Gasteiger partial charge on any atom is 0.156 e. The minimum absolute atomic E-state index is 0.426. The Morgan fingerprint density at radius 2 is 2.21 bits per heavy atom. The molecule has 0 spiro atoms. The standard InChI is InChI=1S/C14H24N4S/c1-4-14(5-2)10-16-13(19-11-14)15-6-7-18-9-12(3)8-17-18/h8-9H,4-7,10-11H2,1-3H3,(H,15,16). The Bertz CT molecular complexity index is 434. The van der Waals surface area contributed by atoms with Crippen LogP contribution in [-0.2, 0) is 6.54 Å². The highest BCUT2D eigenvalue weighted by Gasteiger charge is 2.29. The Balaban J connectivity index is 1.77. The number of hydrogen-bond donors (Lipinski definition) is 1. The number of nitrogens with zero attached hydrogens (tertiary/aromatic N) is 3. The molecule has 4 nitrogen and oxygen atoms in total. The molecule has 5 heteroatoms. The van der Waals surface area contributed by atoms with E-state index >= 15 is 0 Å². The van der Waals surface area contributed by atoms with Gasteiger partial charge in [-0.2, -0.15) is 5.10 Å². The molecule has 0 fully saturated rings. The summed E-state index contributed by atoms with van der Waals surface area (Å²) in [5.74, 6) is 1.19. The normalized spacial score (nSPS) is 18.2. The molecule has 0 atom stereocenters. The maximum atomic E-state index is 4.70. The van der Waals surface area contributed by atoms with Gasteiger partial charge in [0.2, 0.25) is 0 Å². The zero-order valence-electron chi connectivity index (χ0n) is 12.1. The molecule has 0 aliphatic carbocycles. The van der Waals surface area contributed by atoms with E-state index in [2.05, 4.69) is 37.4 Å². The quantitative estimate of drug-likeness (QED) is 0.901. The second-order valence-corrected chi connectivity index (χ2v) is 6.29. The zero-order valence-corrected chi connectivity index (χ0v) is 13.0. The molecule has 0 saturated carbocycles. The largest absolute Gasteiger partial charge is 0.363 e. The Labute approximate surface area is 120 Å². The summed E-state index contributed by atoms with van der Waals surface area (Å²) in [6.07, 6.45) is 6.40. The number of nitrogens with one attached hydrogen (secondary N) is 1. The van der Waals surface area contributed by atoms with Crippen molar-refractivity contribution in [2.24, 2.45) is 10.4 Å². The fourth-order valence-corrected chi connectivity index (χ4v) is 3.51. The molecule has 1 N–H and O–H groups in total. The number of rotatable bonds is 5. The van der Waals surface area contributed by atoms with Crippen LogP contribution in [0.3, 0.4) is 0 Å². The third kappa shape index (κ3) is 3.75. The van der Waals surface area contributed by atoms with Crippen LogP contribution in [-0.4, -0.2) is 33.8 Å². The molecule has 19 heavy (non-hydrogen) atoms. The van der Waals surface area contributed by atoms with Crippen molar-refractivity contribution < 1.29 is 0 Å². The van der Waals surface area contributed by atoms with Crippen molar-refractivity contribution in [1.29, 1.82) is 0 Å². The van der Waals surface area contributed by atoms with Crippen molar-refractivity contribution in [3.63, 3.8) is 0 Å². The smallest absolute Gasteiger partial charge is 0.156 e. The summed E-state index contributed by atoms with van der Waals surface area (Å²) in [7, 11) is 0. The lowest BCUT2D eigenvalue weighted by atomic mass is 9.84. The molecule has 1 aromatic rings. The van der Waals surface area contributed by atoms with Crippen molar-refractivity contribution >= 4 is 16.9 Å². The molecular formula is C14H24N4S. The first-order valence-electron chi connectivity index (χ1n) is 7.07. The van der Waals surface area contributed by atoms with E-state index in [1.54, 1.807) is 0 Å². The SMILES string of the molecule is CCC1(CC)CN=C(NCCn2cc(C)cn2)SC1. The minimum atomic E-state index is 0.426. The van der Waals surface area contributed by atoms with Gasteiger partial charge in [-0.1, -0.05) is 25.6 Å². The first-order chi connectivity index (χ1) is 9.17. The van der Waals surface area contributed by atoms with E-state index in [1.807, 2.05) is 22.6 Å². The lowest BCUT2D eigenvalue weighted by Gasteiger charge is -2.33. The van der Waals surface area contributed by atoms with E-state index in [0.29, 0.717) is 5.41 Å². The third-order valence-electron chi connectivity index (χ3n) is 3.95. The van der Waals surface area contributed by atoms with Gasteiger partial charge in [-0.05, 0) is 30.7 Å². The molecule has 1 aliphatic heterocycles. The van der Waals surface area contributed by atoms with E-state index in [9.17, 15) is 0 Å². The molecule has 0 unspecified atom stereocenters. The van der Waals surface area contributed by atoms with Gasteiger partial charge in [0.15, 0.2) is 5.17 Å². The molecular weight excluding hydrogens is 256 g/mol. The van der Waals surface area contributed by atoms with Crippen LogP contribution < -0.4 is 5.32 Å². The Hall–Kier alpha value is -0.970.